The Kier molecular flexibility index (Phi) is 2.93. The summed E-state index contributed by atoms with van der Waals surface area (Å²) in [6, 6.07) is 0. The zero-order valence-electron chi connectivity index (χ0n) is 9.19. The predicted molar refractivity (Wildman–Crippen MR) is 57.8 cm³/mol. The summed E-state index contributed by atoms with van der Waals surface area (Å²) in [6.07, 6.45) is 6.15. The number of likely N-dealkylation sites (tertiary alicyclic amines) is 1. The maximum Gasteiger partial charge on any atom is 0.253 e. The molecule has 84 valence electrons. The molecule has 1 saturated heterocycles. The third-order valence-electron chi connectivity index (χ3n) is 3.73. The first-order valence-corrected chi connectivity index (χ1v) is 5.82. The van der Waals surface area contributed by atoms with E-state index in [0.29, 0.717) is 11.8 Å². The molecule has 2 aliphatic rings. The molecule has 1 aliphatic heterocycles. The fourth-order valence-corrected chi connectivity index (χ4v) is 3.04. The number of fused-ring (bicyclic) bond motifs is 1. The molecule has 0 spiro atoms. The number of hydrogen-bond acceptors (Lipinski definition) is 3. The van der Waals surface area contributed by atoms with Gasteiger partial charge in [-0.1, -0.05) is 12.8 Å². The van der Waals surface area contributed by atoms with E-state index in [1.165, 1.54) is 25.5 Å². The molecule has 15 heavy (non-hydrogen) atoms. The fourth-order valence-electron chi connectivity index (χ4n) is 3.04. The topological polar surface area (TPSA) is 46.4 Å². The van der Waals surface area contributed by atoms with E-state index in [0.717, 1.165) is 25.2 Å². The first kappa shape index (κ1) is 10.5. The lowest BCUT2D eigenvalue weighted by molar-refractivity contribution is -0.404. The molecule has 2 fully saturated rings. The van der Waals surface area contributed by atoms with Gasteiger partial charge in [0.1, 0.15) is 0 Å². The Morgan fingerprint density at radius 2 is 2.27 bits per heavy atom. The van der Waals surface area contributed by atoms with Crippen molar-refractivity contribution in [1.82, 2.24) is 4.90 Å². The second-order valence-corrected chi connectivity index (χ2v) is 4.53. The van der Waals surface area contributed by atoms with Crippen molar-refractivity contribution in [2.24, 2.45) is 11.8 Å². The van der Waals surface area contributed by atoms with Crippen molar-refractivity contribution in [2.75, 3.05) is 13.1 Å². The lowest BCUT2D eigenvalue weighted by atomic mass is 9.80. The maximum absolute atomic E-state index is 10.6. The molecule has 0 N–H and O–H groups in total. The van der Waals surface area contributed by atoms with E-state index in [1.807, 2.05) is 0 Å². The molecule has 1 aliphatic carbocycles. The van der Waals surface area contributed by atoms with E-state index < -0.39 is 0 Å². The fraction of sp³-hybridized carbons (Fsp3) is 0.818. The molecule has 4 nitrogen and oxygen atoms in total. The van der Waals surface area contributed by atoms with Crippen LogP contribution in [-0.4, -0.2) is 22.9 Å². The molecule has 1 saturated carbocycles. The molecular formula is C11H18N2O2. The van der Waals surface area contributed by atoms with Crippen LogP contribution in [0.3, 0.4) is 0 Å². The number of nitrogens with zero attached hydrogens (tertiary/aromatic N) is 2. The SMILES string of the molecule is CCN1CC2CCCCC2/C1=C/[N+](=O)[O-]. The molecule has 0 bridgehead atoms. The van der Waals surface area contributed by atoms with Gasteiger partial charge in [0.05, 0.1) is 10.6 Å². The minimum Gasteiger partial charge on any atom is -0.370 e. The van der Waals surface area contributed by atoms with Gasteiger partial charge >= 0.3 is 0 Å². The number of nitro groups is 1. The smallest absolute Gasteiger partial charge is 0.253 e. The van der Waals surface area contributed by atoms with Gasteiger partial charge in [0.25, 0.3) is 6.20 Å². The Hall–Kier alpha value is -1.06. The molecular weight excluding hydrogens is 192 g/mol. The van der Waals surface area contributed by atoms with Gasteiger partial charge in [-0.05, 0) is 25.7 Å². The van der Waals surface area contributed by atoms with Gasteiger partial charge in [-0.2, -0.15) is 0 Å². The van der Waals surface area contributed by atoms with Crippen molar-refractivity contribution in [1.29, 1.82) is 0 Å². The van der Waals surface area contributed by atoms with Gasteiger partial charge in [0, 0.05) is 19.0 Å². The van der Waals surface area contributed by atoms with E-state index in [-0.39, 0.29) is 4.92 Å². The van der Waals surface area contributed by atoms with Crippen LogP contribution in [0.25, 0.3) is 0 Å². The number of hydrogen-bond donors (Lipinski definition) is 0. The van der Waals surface area contributed by atoms with Crippen LogP contribution < -0.4 is 0 Å². The minimum atomic E-state index is -0.297. The van der Waals surface area contributed by atoms with E-state index in [4.69, 9.17) is 0 Å². The highest BCUT2D eigenvalue weighted by atomic mass is 16.6. The summed E-state index contributed by atoms with van der Waals surface area (Å²) in [5.74, 6) is 1.13. The zero-order valence-corrected chi connectivity index (χ0v) is 9.19. The summed E-state index contributed by atoms with van der Waals surface area (Å²) in [4.78, 5) is 12.5. The van der Waals surface area contributed by atoms with E-state index >= 15 is 0 Å². The van der Waals surface area contributed by atoms with Gasteiger partial charge < -0.3 is 4.90 Å². The van der Waals surface area contributed by atoms with E-state index in [2.05, 4.69) is 11.8 Å². The average molecular weight is 210 g/mol. The third-order valence-corrected chi connectivity index (χ3v) is 3.73. The number of allylic oxidation sites excluding steroid dienone is 1. The summed E-state index contributed by atoms with van der Waals surface area (Å²) in [6.45, 7) is 4.00. The molecule has 0 aromatic heterocycles. The Bertz CT molecular complexity index is 288. The molecule has 4 heteroatoms. The normalized spacial score (nSPS) is 33.1. The van der Waals surface area contributed by atoms with Crippen LogP contribution in [0.4, 0.5) is 0 Å². The highest BCUT2D eigenvalue weighted by Gasteiger charge is 2.39. The molecule has 1 heterocycles. The maximum atomic E-state index is 10.6. The monoisotopic (exact) mass is 210 g/mol. The van der Waals surface area contributed by atoms with Gasteiger partial charge in [-0.3, -0.25) is 10.1 Å². The first-order valence-electron chi connectivity index (χ1n) is 5.82. The predicted octanol–water partition coefficient (Wildman–Crippen LogP) is 2.25. The molecule has 2 unspecified atom stereocenters. The van der Waals surface area contributed by atoms with Gasteiger partial charge in [-0.25, -0.2) is 0 Å². The molecule has 2 rings (SSSR count). The average Bonchev–Trinajstić information content (AvgIpc) is 2.56. The van der Waals surface area contributed by atoms with Crippen LogP contribution in [0.15, 0.2) is 11.9 Å². The molecule has 0 amide bonds. The highest BCUT2D eigenvalue weighted by Crippen LogP contribution is 2.42. The Morgan fingerprint density at radius 3 is 2.93 bits per heavy atom. The van der Waals surface area contributed by atoms with Crippen LogP contribution in [0.5, 0.6) is 0 Å². The standard InChI is InChI=1S/C11H18N2O2/c1-2-12-7-9-5-3-4-6-10(9)11(12)8-13(14)15/h8-10H,2-7H2,1H3/b11-8-. The third kappa shape index (κ3) is 1.98. The van der Waals surface area contributed by atoms with Crippen molar-refractivity contribution < 1.29 is 4.92 Å². The van der Waals surface area contributed by atoms with Crippen LogP contribution >= 0.6 is 0 Å². The summed E-state index contributed by atoms with van der Waals surface area (Å²) in [5, 5.41) is 10.6. The molecule has 0 aromatic carbocycles. The highest BCUT2D eigenvalue weighted by molar-refractivity contribution is 5.12. The quantitative estimate of drug-likeness (QED) is 0.518. The summed E-state index contributed by atoms with van der Waals surface area (Å²) < 4.78 is 0. The largest absolute Gasteiger partial charge is 0.370 e. The zero-order chi connectivity index (χ0) is 10.8. The van der Waals surface area contributed by atoms with Gasteiger partial charge in [0.15, 0.2) is 0 Å². The van der Waals surface area contributed by atoms with Crippen molar-refractivity contribution in [3.8, 4) is 0 Å². The summed E-state index contributed by atoms with van der Waals surface area (Å²) in [7, 11) is 0. The van der Waals surface area contributed by atoms with Crippen molar-refractivity contribution in [3.05, 3.63) is 22.0 Å². The second kappa shape index (κ2) is 4.21. The Morgan fingerprint density at radius 1 is 1.53 bits per heavy atom. The summed E-state index contributed by atoms with van der Waals surface area (Å²) >= 11 is 0. The lowest BCUT2D eigenvalue weighted by Gasteiger charge is -2.23. The Labute approximate surface area is 90.1 Å². The molecule has 2 atom stereocenters. The van der Waals surface area contributed by atoms with Crippen molar-refractivity contribution >= 4 is 0 Å². The van der Waals surface area contributed by atoms with Crippen molar-refractivity contribution in [2.45, 2.75) is 32.6 Å². The van der Waals surface area contributed by atoms with Crippen LogP contribution in [0.1, 0.15) is 32.6 Å². The van der Waals surface area contributed by atoms with Crippen LogP contribution in [0, 0.1) is 22.0 Å². The molecule has 0 aromatic rings. The van der Waals surface area contributed by atoms with Gasteiger partial charge in [0.2, 0.25) is 0 Å². The first-order chi connectivity index (χ1) is 7.22. The van der Waals surface area contributed by atoms with Gasteiger partial charge in [-0.15, -0.1) is 0 Å². The van der Waals surface area contributed by atoms with E-state index in [9.17, 15) is 10.1 Å². The molecule has 0 radical (unpaired) electrons. The Balaban J connectivity index is 2.20. The lowest BCUT2D eigenvalue weighted by Crippen LogP contribution is -2.19. The minimum absolute atomic E-state index is 0.297. The van der Waals surface area contributed by atoms with Crippen LogP contribution in [-0.2, 0) is 0 Å². The van der Waals surface area contributed by atoms with E-state index in [1.54, 1.807) is 0 Å². The van der Waals surface area contributed by atoms with Crippen LogP contribution in [0.2, 0.25) is 0 Å². The number of rotatable bonds is 2. The summed E-state index contributed by atoms with van der Waals surface area (Å²) in [5.41, 5.74) is 0.979. The van der Waals surface area contributed by atoms with Crippen molar-refractivity contribution in [3.63, 3.8) is 0 Å². The second-order valence-electron chi connectivity index (χ2n) is 4.53.